The molecule has 2 rings (SSSR count). The van der Waals surface area contributed by atoms with E-state index in [1.807, 2.05) is 26.0 Å². The minimum absolute atomic E-state index is 0.122. The number of nitrogens with zero attached hydrogens (tertiary/aromatic N) is 3. The molecule has 0 spiro atoms. The van der Waals surface area contributed by atoms with Gasteiger partial charge in [0.2, 0.25) is 5.91 Å². The molecule has 1 heterocycles. The zero-order valence-corrected chi connectivity index (χ0v) is 16.5. The van der Waals surface area contributed by atoms with Crippen LogP contribution in [0.15, 0.2) is 39.6 Å². The summed E-state index contributed by atoms with van der Waals surface area (Å²) in [5.74, 6) is -0.731. The molecule has 0 fully saturated rings. The Morgan fingerprint density at radius 2 is 2.00 bits per heavy atom. The molecule has 0 aliphatic carbocycles. The smallest absolute Gasteiger partial charge is 0.274 e. The van der Waals surface area contributed by atoms with Crippen LogP contribution >= 0.6 is 15.9 Å². The Morgan fingerprint density at radius 3 is 2.65 bits per heavy atom. The van der Waals surface area contributed by atoms with E-state index >= 15 is 0 Å². The maximum absolute atomic E-state index is 12.5. The summed E-state index contributed by atoms with van der Waals surface area (Å²) in [6, 6.07) is 8.21. The number of aromatic nitrogens is 2. The van der Waals surface area contributed by atoms with Crippen molar-refractivity contribution in [1.29, 1.82) is 0 Å². The van der Waals surface area contributed by atoms with Crippen molar-refractivity contribution < 1.29 is 9.59 Å². The number of aryl methyl sites for hydroxylation is 2. The van der Waals surface area contributed by atoms with Gasteiger partial charge < -0.3 is 10.2 Å². The van der Waals surface area contributed by atoms with Gasteiger partial charge in [-0.1, -0.05) is 22.9 Å². The van der Waals surface area contributed by atoms with Gasteiger partial charge in [0.25, 0.3) is 11.5 Å². The number of amides is 2. The quantitative estimate of drug-likeness (QED) is 0.777. The van der Waals surface area contributed by atoms with Crippen LogP contribution in [-0.2, 0) is 11.3 Å². The average Bonchev–Trinajstić information content (AvgIpc) is 2.59. The lowest BCUT2D eigenvalue weighted by atomic mass is 10.2. The molecule has 0 saturated heterocycles. The highest BCUT2D eigenvalue weighted by Crippen LogP contribution is 2.19. The average molecular weight is 421 g/mol. The lowest BCUT2D eigenvalue weighted by Crippen LogP contribution is -2.36. The predicted molar refractivity (Wildman–Crippen MR) is 103 cm³/mol. The van der Waals surface area contributed by atoms with E-state index in [-0.39, 0.29) is 23.7 Å². The third-order valence-electron chi connectivity index (χ3n) is 3.71. The number of carbonyl (C=O) groups excluding carboxylic acids is 2. The number of likely N-dealkylation sites (N-methyl/N-ethyl adjacent to an activating group) is 1. The summed E-state index contributed by atoms with van der Waals surface area (Å²) in [5.41, 5.74) is 1.48. The molecule has 1 N–H and O–H groups in total. The second kappa shape index (κ2) is 8.75. The number of anilines is 1. The first kappa shape index (κ1) is 19.8. The lowest BCUT2D eigenvalue weighted by molar-refractivity contribution is -0.116. The second-order valence-corrected chi connectivity index (χ2v) is 6.86. The first-order chi connectivity index (χ1) is 12.3. The molecular weight excluding hydrogens is 400 g/mol. The van der Waals surface area contributed by atoms with Gasteiger partial charge in [0.1, 0.15) is 5.69 Å². The molecular formula is C18H21BrN4O3. The lowest BCUT2D eigenvalue weighted by Gasteiger charge is -2.17. The third kappa shape index (κ3) is 5.01. The third-order valence-corrected chi connectivity index (χ3v) is 4.20. The molecule has 26 heavy (non-hydrogen) atoms. The van der Waals surface area contributed by atoms with E-state index in [1.54, 1.807) is 6.07 Å². The zero-order valence-electron chi connectivity index (χ0n) is 15.0. The maximum atomic E-state index is 12.5. The number of hydrogen-bond donors (Lipinski definition) is 1. The summed E-state index contributed by atoms with van der Waals surface area (Å²) in [6.07, 6.45) is 0.731. The van der Waals surface area contributed by atoms with Crippen molar-refractivity contribution in [3.63, 3.8) is 0 Å². The molecule has 0 aliphatic rings. The summed E-state index contributed by atoms with van der Waals surface area (Å²) in [7, 11) is 1.52. The van der Waals surface area contributed by atoms with Crippen LogP contribution in [0, 0.1) is 6.92 Å². The first-order valence-corrected chi connectivity index (χ1v) is 9.00. The SMILES string of the molecule is CCCn1nc(C(=O)N(C)CC(=O)Nc2ccc(Br)cc2C)ccc1=O. The monoisotopic (exact) mass is 420 g/mol. The van der Waals surface area contributed by atoms with Crippen molar-refractivity contribution in [3.05, 3.63) is 56.4 Å². The Bertz CT molecular complexity index is 879. The Labute approximate surface area is 160 Å². The summed E-state index contributed by atoms with van der Waals surface area (Å²) < 4.78 is 2.18. The Kier molecular flexibility index (Phi) is 6.68. The van der Waals surface area contributed by atoms with Gasteiger partial charge in [-0.25, -0.2) is 4.68 Å². The van der Waals surface area contributed by atoms with Crippen molar-refractivity contribution in [2.75, 3.05) is 18.9 Å². The van der Waals surface area contributed by atoms with E-state index in [1.165, 1.54) is 28.8 Å². The summed E-state index contributed by atoms with van der Waals surface area (Å²) in [6.45, 7) is 4.12. The van der Waals surface area contributed by atoms with Gasteiger partial charge in [-0.2, -0.15) is 5.10 Å². The van der Waals surface area contributed by atoms with Crippen LogP contribution < -0.4 is 10.9 Å². The number of halogens is 1. The van der Waals surface area contributed by atoms with Gasteiger partial charge >= 0.3 is 0 Å². The van der Waals surface area contributed by atoms with E-state index in [9.17, 15) is 14.4 Å². The van der Waals surface area contributed by atoms with Crippen LogP contribution in [0.4, 0.5) is 5.69 Å². The van der Waals surface area contributed by atoms with Gasteiger partial charge in [0.15, 0.2) is 0 Å². The topological polar surface area (TPSA) is 84.3 Å². The van der Waals surface area contributed by atoms with E-state index in [0.717, 1.165) is 16.5 Å². The predicted octanol–water partition coefficient (Wildman–Crippen LogP) is 2.43. The fraction of sp³-hybridized carbons (Fsp3) is 0.333. The number of carbonyl (C=O) groups is 2. The highest BCUT2D eigenvalue weighted by molar-refractivity contribution is 9.10. The molecule has 0 radical (unpaired) electrons. The Balaban J connectivity index is 2.05. The Hall–Kier alpha value is -2.48. The van der Waals surface area contributed by atoms with Crippen molar-refractivity contribution in [1.82, 2.24) is 14.7 Å². The second-order valence-electron chi connectivity index (χ2n) is 5.95. The normalized spacial score (nSPS) is 10.5. The highest BCUT2D eigenvalue weighted by atomic mass is 79.9. The van der Waals surface area contributed by atoms with Crippen LogP contribution in [0.3, 0.4) is 0 Å². The summed E-state index contributed by atoms with van der Waals surface area (Å²) in [4.78, 5) is 37.7. The van der Waals surface area contributed by atoms with Crippen molar-refractivity contribution >= 4 is 33.4 Å². The molecule has 2 aromatic rings. The summed E-state index contributed by atoms with van der Waals surface area (Å²) >= 11 is 3.37. The molecule has 0 aliphatic heterocycles. The van der Waals surface area contributed by atoms with Gasteiger partial charge in [-0.05, 0) is 43.2 Å². The van der Waals surface area contributed by atoms with Crippen LogP contribution in [0.2, 0.25) is 0 Å². The van der Waals surface area contributed by atoms with Gasteiger partial charge in [0.05, 0.1) is 6.54 Å². The van der Waals surface area contributed by atoms with E-state index in [2.05, 4.69) is 26.3 Å². The van der Waals surface area contributed by atoms with E-state index in [0.29, 0.717) is 12.2 Å². The van der Waals surface area contributed by atoms with E-state index < -0.39 is 5.91 Å². The number of benzene rings is 1. The molecule has 8 heteroatoms. The van der Waals surface area contributed by atoms with Crippen molar-refractivity contribution in [2.45, 2.75) is 26.8 Å². The van der Waals surface area contributed by atoms with E-state index in [4.69, 9.17) is 0 Å². The van der Waals surface area contributed by atoms with Gasteiger partial charge in [-0.3, -0.25) is 14.4 Å². The zero-order chi connectivity index (χ0) is 19.3. The molecule has 138 valence electrons. The van der Waals surface area contributed by atoms with Crippen molar-refractivity contribution in [2.24, 2.45) is 0 Å². The first-order valence-electron chi connectivity index (χ1n) is 8.21. The number of nitrogens with one attached hydrogen (secondary N) is 1. The fourth-order valence-corrected chi connectivity index (χ4v) is 2.85. The standard InChI is InChI=1S/C18H21BrN4O3/c1-4-9-23-17(25)8-7-15(21-23)18(26)22(3)11-16(24)20-14-6-5-13(19)10-12(14)2/h5-8,10H,4,9,11H2,1-3H3,(H,20,24). The van der Waals surface area contributed by atoms with Crippen molar-refractivity contribution in [3.8, 4) is 0 Å². The molecule has 2 amide bonds. The molecule has 0 unspecified atom stereocenters. The van der Waals surface area contributed by atoms with Crippen LogP contribution in [0.25, 0.3) is 0 Å². The number of hydrogen-bond acceptors (Lipinski definition) is 4. The summed E-state index contributed by atoms with van der Waals surface area (Å²) in [5, 5.41) is 6.86. The Morgan fingerprint density at radius 1 is 1.27 bits per heavy atom. The fourth-order valence-electron chi connectivity index (χ4n) is 2.37. The molecule has 0 bridgehead atoms. The maximum Gasteiger partial charge on any atom is 0.274 e. The molecule has 0 atom stereocenters. The molecule has 7 nitrogen and oxygen atoms in total. The van der Waals surface area contributed by atoms with Gasteiger partial charge in [0, 0.05) is 29.8 Å². The van der Waals surface area contributed by atoms with Crippen LogP contribution in [0.1, 0.15) is 29.4 Å². The largest absolute Gasteiger partial charge is 0.331 e. The van der Waals surface area contributed by atoms with Gasteiger partial charge in [-0.15, -0.1) is 0 Å². The minimum atomic E-state index is -0.419. The van der Waals surface area contributed by atoms with Crippen LogP contribution in [-0.4, -0.2) is 40.1 Å². The highest BCUT2D eigenvalue weighted by Gasteiger charge is 2.17. The molecule has 1 aromatic carbocycles. The molecule has 1 aromatic heterocycles. The number of rotatable bonds is 6. The molecule has 0 saturated carbocycles. The van der Waals surface area contributed by atoms with Crippen LogP contribution in [0.5, 0.6) is 0 Å². The minimum Gasteiger partial charge on any atom is -0.331 e.